The molecule has 2 rings (SSSR count). The van der Waals surface area contributed by atoms with Crippen LogP contribution in [0.3, 0.4) is 0 Å². The quantitative estimate of drug-likeness (QED) is 0.731. The third-order valence-corrected chi connectivity index (χ3v) is 3.74. The molecule has 0 radical (unpaired) electrons. The summed E-state index contributed by atoms with van der Waals surface area (Å²) in [5.41, 5.74) is 3.91. The summed E-state index contributed by atoms with van der Waals surface area (Å²) in [6.07, 6.45) is 1.00. The van der Waals surface area contributed by atoms with E-state index in [2.05, 4.69) is 0 Å². The van der Waals surface area contributed by atoms with E-state index in [1.165, 1.54) is 29.3 Å². The Balaban J connectivity index is 2.10. The van der Waals surface area contributed by atoms with Crippen LogP contribution in [0, 0.1) is 19.7 Å². The van der Waals surface area contributed by atoms with Crippen LogP contribution in [-0.2, 0) is 6.42 Å². The minimum Gasteiger partial charge on any atom is -0.294 e. The van der Waals surface area contributed by atoms with Crippen LogP contribution in [0.1, 0.15) is 33.5 Å². The maximum Gasteiger partial charge on any atom is 0.163 e. The fourth-order valence-electron chi connectivity index (χ4n) is 2.19. The molecule has 0 heterocycles. The van der Waals surface area contributed by atoms with E-state index >= 15 is 0 Å². The van der Waals surface area contributed by atoms with Gasteiger partial charge in [-0.2, -0.15) is 0 Å². The molecule has 0 amide bonds. The molecule has 2 aromatic rings. The fraction of sp³-hybridized carbons (Fsp3) is 0.235. The van der Waals surface area contributed by atoms with Gasteiger partial charge in [0.25, 0.3) is 0 Å². The molecular weight excluding hydrogens is 275 g/mol. The van der Waals surface area contributed by atoms with Crippen molar-refractivity contribution in [2.24, 2.45) is 0 Å². The SMILES string of the molecule is Cc1cccc(CCC(=O)c2cc(F)cc(Cl)c2)c1C. The van der Waals surface area contributed by atoms with Crippen LogP contribution in [0.15, 0.2) is 36.4 Å². The van der Waals surface area contributed by atoms with Crippen LogP contribution in [0.2, 0.25) is 5.02 Å². The lowest BCUT2D eigenvalue weighted by molar-refractivity contribution is 0.0982. The van der Waals surface area contributed by atoms with Gasteiger partial charge in [0, 0.05) is 17.0 Å². The van der Waals surface area contributed by atoms with E-state index in [0.29, 0.717) is 18.4 Å². The number of Topliss-reactive ketones (excluding diaryl/α,β-unsaturated/α-hetero) is 1. The normalized spacial score (nSPS) is 10.6. The minimum absolute atomic E-state index is 0.0905. The first-order valence-corrected chi connectivity index (χ1v) is 6.89. The standard InChI is InChI=1S/C17H16ClFO/c1-11-4-3-5-13(12(11)2)6-7-17(20)14-8-15(18)10-16(19)9-14/h3-5,8-10H,6-7H2,1-2H3. The summed E-state index contributed by atoms with van der Waals surface area (Å²) in [5.74, 6) is -0.570. The Labute approximate surface area is 123 Å². The van der Waals surface area contributed by atoms with Crippen LogP contribution in [0.4, 0.5) is 4.39 Å². The van der Waals surface area contributed by atoms with Crippen molar-refractivity contribution < 1.29 is 9.18 Å². The van der Waals surface area contributed by atoms with Gasteiger partial charge < -0.3 is 0 Å². The second kappa shape index (κ2) is 6.19. The van der Waals surface area contributed by atoms with Crippen molar-refractivity contribution in [2.75, 3.05) is 0 Å². The number of halogens is 2. The van der Waals surface area contributed by atoms with Crippen molar-refractivity contribution in [3.8, 4) is 0 Å². The molecule has 0 spiro atoms. The maximum absolute atomic E-state index is 13.2. The number of hydrogen-bond donors (Lipinski definition) is 0. The molecule has 0 aromatic heterocycles. The molecule has 0 N–H and O–H groups in total. The third-order valence-electron chi connectivity index (χ3n) is 3.52. The van der Waals surface area contributed by atoms with Gasteiger partial charge in [0.1, 0.15) is 5.82 Å². The van der Waals surface area contributed by atoms with Gasteiger partial charge in [-0.15, -0.1) is 0 Å². The number of hydrogen-bond acceptors (Lipinski definition) is 1. The molecule has 0 aliphatic carbocycles. The Bertz CT molecular complexity index is 629. The Kier molecular flexibility index (Phi) is 4.56. The largest absolute Gasteiger partial charge is 0.294 e. The van der Waals surface area contributed by atoms with Crippen molar-refractivity contribution in [2.45, 2.75) is 26.7 Å². The Morgan fingerprint density at radius 3 is 2.65 bits per heavy atom. The molecule has 2 aromatic carbocycles. The highest BCUT2D eigenvalue weighted by Crippen LogP contribution is 2.18. The topological polar surface area (TPSA) is 17.1 Å². The average Bonchev–Trinajstić information content (AvgIpc) is 2.39. The summed E-state index contributed by atoms with van der Waals surface area (Å²) < 4.78 is 13.2. The zero-order chi connectivity index (χ0) is 14.7. The molecule has 1 nitrogen and oxygen atoms in total. The zero-order valence-corrected chi connectivity index (χ0v) is 12.3. The Hall–Kier alpha value is -1.67. The van der Waals surface area contributed by atoms with Gasteiger partial charge in [-0.1, -0.05) is 29.8 Å². The first kappa shape index (κ1) is 14.7. The minimum atomic E-state index is -0.479. The van der Waals surface area contributed by atoms with Gasteiger partial charge in [0.05, 0.1) is 0 Å². The zero-order valence-electron chi connectivity index (χ0n) is 11.5. The van der Waals surface area contributed by atoms with E-state index in [1.54, 1.807) is 0 Å². The molecule has 0 aliphatic rings. The summed E-state index contributed by atoms with van der Waals surface area (Å²) in [6.45, 7) is 4.10. The number of carbonyl (C=O) groups excluding carboxylic acids is 1. The molecule has 0 unspecified atom stereocenters. The maximum atomic E-state index is 13.2. The van der Waals surface area contributed by atoms with E-state index in [0.717, 1.165) is 5.56 Å². The number of ketones is 1. The lowest BCUT2D eigenvalue weighted by Gasteiger charge is -2.08. The molecule has 20 heavy (non-hydrogen) atoms. The van der Waals surface area contributed by atoms with Gasteiger partial charge in [0.15, 0.2) is 5.78 Å². The van der Waals surface area contributed by atoms with Crippen molar-refractivity contribution in [1.82, 2.24) is 0 Å². The molecule has 0 saturated heterocycles. The van der Waals surface area contributed by atoms with Crippen LogP contribution in [-0.4, -0.2) is 5.78 Å². The molecule has 0 aliphatic heterocycles. The van der Waals surface area contributed by atoms with E-state index in [1.807, 2.05) is 32.0 Å². The monoisotopic (exact) mass is 290 g/mol. The molecule has 0 saturated carbocycles. The van der Waals surface area contributed by atoms with Crippen molar-refractivity contribution >= 4 is 17.4 Å². The average molecular weight is 291 g/mol. The molecule has 0 bridgehead atoms. The molecule has 104 valence electrons. The van der Waals surface area contributed by atoms with E-state index in [-0.39, 0.29) is 10.8 Å². The van der Waals surface area contributed by atoms with Gasteiger partial charge in [-0.25, -0.2) is 4.39 Å². The first-order valence-electron chi connectivity index (χ1n) is 6.52. The summed E-state index contributed by atoms with van der Waals surface area (Å²) in [4.78, 5) is 12.1. The summed E-state index contributed by atoms with van der Waals surface area (Å²) in [7, 11) is 0. The van der Waals surface area contributed by atoms with Crippen LogP contribution in [0.5, 0.6) is 0 Å². The summed E-state index contributed by atoms with van der Waals surface area (Å²) in [6, 6.07) is 10.00. The van der Waals surface area contributed by atoms with Crippen molar-refractivity contribution in [1.29, 1.82) is 0 Å². The lowest BCUT2D eigenvalue weighted by atomic mass is 9.97. The first-order chi connectivity index (χ1) is 9.47. The van der Waals surface area contributed by atoms with Gasteiger partial charge in [-0.3, -0.25) is 4.79 Å². The van der Waals surface area contributed by atoms with Gasteiger partial charge in [-0.05, 0) is 55.2 Å². The number of benzene rings is 2. The highest BCUT2D eigenvalue weighted by molar-refractivity contribution is 6.31. The predicted molar refractivity (Wildman–Crippen MR) is 80.0 cm³/mol. The molecule has 0 atom stereocenters. The third kappa shape index (κ3) is 3.45. The van der Waals surface area contributed by atoms with E-state index < -0.39 is 5.82 Å². The molecule has 3 heteroatoms. The van der Waals surface area contributed by atoms with Crippen molar-refractivity contribution in [3.63, 3.8) is 0 Å². The fourth-order valence-corrected chi connectivity index (χ4v) is 2.41. The highest BCUT2D eigenvalue weighted by atomic mass is 35.5. The summed E-state index contributed by atoms with van der Waals surface area (Å²) in [5, 5.41) is 0.250. The Morgan fingerprint density at radius 2 is 1.95 bits per heavy atom. The number of carbonyl (C=O) groups is 1. The van der Waals surface area contributed by atoms with E-state index in [4.69, 9.17) is 11.6 Å². The lowest BCUT2D eigenvalue weighted by Crippen LogP contribution is -2.03. The second-order valence-corrected chi connectivity index (χ2v) is 5.38. The Morgan fingerprint density at radius 1 is 1.20 bits per heavy atom. The predicted octanol–water partition coefficient (Wildman–Crippen LogP) is 4.91. The van der Waals surface area contributed by atoms with E-state index in [9.17, 15) is 9.18 Å². The number of aryl methyl sites for hydroxylation is 2. The number of rotatable bonds is 4. The summed E-state index contributed by atoms with van der Waals surface area (Å²) >= 11 is 5.77. The smallest absolute Gasteiger partial charge is 0.163 e. The van der Waals surface area contributed by atoms with Crippen LogP contribution >= 0.6 is 11.6 Å². The van der Waals surface area contributed by atoms with Crippen LogP contribution in [0.25, 0.3) is 0 Å². The molecule has 0 fully saturated rings. The second-order valence-electron chi connectivity index (χ2n) is 4.94. The van der Waals surface area contributed by atoms with Gasteiger partial charge in [0.2, 0.25) is 0 Å². The van der Waals surface area contributed by atoms with Gasteiger partial charge >= 0.3 is 0 Å². The van der Waals surface area contributed by atoms with Crippen LogP contribution < -0.4 is 0 Å². The molecular formula is C17H16ClFO. The van der Waals surface area contributed by atoms with Crippen molar-refractivity contribution in [3.05, 3.63) is 69.5 Å². The highest BCUT2D eigenvalue weighted by Gasteiger charge is 2.10.